The van der Waals surface area contributed by atoms with Crippen LogP contribution in [-0.4, -0.2) is 33.2 Å². The molecular formula is C18H19FN2O4S. The Balaban J connectivity index is 1.61. The summed E-state index contributed by atoms with van der Waals surface area (Å²) < 4.78 is 43.8. The smallest absolute Gasteiger partial charge is 0.228 e. The molecule has 3 rings (SSSR count). The Bertz CT molecular complexity index is 900. The number of amides is 1. The summed E-state index contributed by atoms with van der Waals surface area (Å²) in [4.78, 5) is 13.7. The second-order valence-electron chi connectivity index (χ2n) is 6.21. The highest BCUT2D eigenvalue weighted by atomic mass is 32.2. The van der Waals surface area contributed by atoms with Crippen molar-refractivity contribution in [1.29, 1.82) is 0 Å². The van der Waals surface area contributed by atoms with Gasteiger partial charge in [0, 0.05) is 24.7 Å². The molecule has 1 fully saturated rings. The van der Waals surface area contributed by atoms with Gasteiger partial charge >= 0.3 is 0 Å². The molecule has 2 aromatic carbocycles. The van der Waals surface area contributed by atoms with Gasteiger partial charge in [-0.15, -0.1) is 0 Å². The van der Waals surface area contributed by atoms with Crippen LogP contribution >= 0.6 is 0 Å². The van der Waals surface area contributed by atoms with Crippen molar-refractivity contribution in [2.45, 2.75) is 19.1 Å². The molecule has 0 saturated carbocycles. The molecule has 2 aromatic rings. The number of halogens is 1. The Labute approximate surface area is 151 Å². The molecular weight excluding hydrogens is 359 g/mol. The fourth-order valence-corrected chi connectivity index (χ4v) is 3.62. The normalized spacial score (nSPS) is 17.5. The number of sulfonamides is 1. The van der Waals surface area contributed by atoms with Gasteiger partial charge in [0.25, 0.3) is 0 Å². The van der Waals surface area contributed by atoms with Crippen LogP contribution in [-0.2, 0) is 21.4 Å². The zero-order valence-electron chi connectivity index (χ0n) is 14.2. The molecule has 1 unspecified atom stereocenters. The van der Waals surface area contributed by atoms with Crippen molar-refractivity contribution in [3.05, 3.63) is 59.9 Å². The van der Waals surface area contributed by atoms with Crippen LogP contribution in [0.1, 0.15) is 12.0 Å². The SMILES string of the molecule is CS(=O)(=O)NC1CC(=O)N(c2ccc(OCc3cccc(F)c3)cc2)C1. The maximum Gasteiger partial charge on any atom is 0.228 e. The average Bonchev–Trinajstić information content (AvgIpc) is 2.92. The molecule has 0 aromatic heterocycles. The lowest BCUT2D eigenvalue weighted by Gasteiger charge is -2.17. The largest absolute Gasteiger partial charge is 0.489 e. The minimum atomic E-state index is -3.36. The van der Waals surface area contributed by atoms with Gasteiger partial charge in [0.2, 0.25) is 15.9 Å². The third-order valence-corrected chi connectivity index (χ3v) is 4.71. The van der Waals surface area contributed by atoms with Crippen molar-refractivity contribution >= 4 is 21.6 Å². The van der Waals surface area contributed by atoms with E-state index in [9.17, 15) is 17.6 Å². The first-order valence-electron chi connectivity index (χ1n) is 8.05. The molecule has 1 saturated heterocycles. The molecule has 1 heterocycles. The van der Waals surface area contributed by atoms with Crippen LogP contribution in [0.4, 0.5) is 10.1 Å². The monoisotopic (exact) mass is 378 g/mol. The van der Waals surface area contributed by atoms with E-state index in [1.807, 2.05) is 0 Å². The maximum atomic E-state index is 13.2. The highest BCUT2D eigenvalue weighted by Crippen LogP contribution is 2.25. The van der Waals surface area contributed by atoms with Crippen LogP contribution in [0, 0.1) is 5.82 Å². The Morgan fingerprint density at radius 3 is 2.62 bits per heavy atom. The van der Waals surface area contributed by atoms with Crippen LogP contribution in [0.25, 0.3) is 0 Å². The van der Waals surface area contributed by atoms with Gasteiger partial charge in [-0.2, -0.15) is 0 Å². The summed E-state index contributed by atoms with van der Waals surface area (Å²) in [5.74, 6) is 0.140. The average molecular weight is 378 g/mol. The van der Waals surface area contributed by atoms with Crippen LogP contribution in [0.5, 0.6) is 5.75 Å². The van der Waals surface area contributed by atoms with Gasteiger partial charge in [0.15, 0.2) is 0 Å². The van der Waals surface area contributed by atoms with Crippen molar-refractivity contribution in [1.82, 2.24) is 4.72 Å². The lowest BCUT2D eigenvalue weighted by atomic mass is 10.2. The highest BCUT2D eigenvalue weighted by Gasteiger charge is 2.32. The first-order valence-corrected chi connectivity index (χ1v) is 9.94. The summed E-state index contributed by atoms with van der Waals surface area (Å²) >= 11 is 0. The van der Waals surface area contributed by atoms with Crippen molar-refractivity contribution in [3.63, 3.8) is 0 Å². The van der Waals surface area contributed by atoms with E-state index in [0.29, 0.717) is 11.4 Å². The second kappa shape index (κ2) is 7.43. The van der Waals surface area contributed by atoms with E-state index in [0.717, 1.165) is 11.8 Å². The minimum Gasteiger partial charge on any atom is -0.489 e. The third kappa shape index (κ3) is 4.80. The lowest BCUT2D eigenvalue weighted by molar-refractivity contribution is -0.117. The van der Waals surface area contributed by atoms with E-state index >= 15 is 0 Å². The Hall–Kier alpha value is -2.45. The number of rotatable bonds is 6. The zero-order chi connectivity index (χ0) is 18.7. The van der Waals surface area contributed by atoms with Crippen molar-refractivity contribution in [2.24, 2.45) is 0 Å². The highest BCUT2D eigenvalue weighted by molar-refractivity contribution is 7.88. The lowest BCUT2D eigenvalue weighted by Crippen LogP contribution is -2.36. The first-order chi connectivity index (χ1) is 12.3. The molecule has 1 aliphatic heterocycles. The Morgan fingerprint density at radius 2 is 1.96 bits per heavy atom. The van der Waals surface area contributed by atoms with Crippen LogP contribution in [0.2, 0.25) is 0 Å². The van der Waals surface area contributed by atoms with E-state index in [2.05, 4.69) is 4.72 Å². The van der Waals surface area contributed by atoms with Crippen LogP contribution in [0.15, 0.2) is 48.5 Å². The first kappa shape index (κ1) is 18.3. The molecule has 1 atom stereocenters. The van der Waals surface area contributed by atoms with Gasteiger partial charge < -0.3 is 9.64 Å². The van der Waals surface area contributed by atoms with Crippen LogP contribution in [0.3, 0.4) is 0 Å². The summed E-state index contributed by atoms with van der Waals surface area (Å²) in [6.45, 7) is 0.523. The zero-order valence-corrected chi connectivity index (χ0v) is 15.0. The summed E-state index contributed by atoms with van der Waals surface area (Å²) in [7, 11) is -3.36. The van der Waals surface area contributed by atoms with E-state index in [1.165, 1.54) is 12.1 Å². The molecule has 0 spiro atoms. The maximum absolute atomic E-state index is 13.2. The van der Waals surface area contributed by atoms with E-state index in [4.69, 9.17) is 4.74 Å². The minimum absolute atomic E-state index is 0.130. The number of ether oxygens (including phenoxy) is 1. The summed E-state index contributed by atoms with van der Waals surface area (Å²) in [6, 6.07) is 12.7. The number of carbonyl (C=O) groups is 1. The number of nitrogens with one attached hydrogen (secondary N) is 1. The van der Waals surface area contributed by atoms with Crippen LogP contribution < -0.4 is 14.4 Å². The molecule has 1 amide bonds. The van der Waals surface area contributed by atoms with Gasteiger partial charge in [0.1, 0.15) is 18.2 Å². The van der Waals surface area contributed by atoms with E-state index in [-0.39, 0.29) is 31.3 Å². The quantitative estimate of drug-likeness (QED) is 0.835. The van der Waals surface area contributed by atoms with Gasteiger partial charge in [-0.3, -0.25) is 4.79 Å². The molecule has 26 heavy (non-hydrogen) atoms. The number of hydrogen-bond acceptors (Lipinski definition) is 4. The fraction of sp³-hybridized carbons (Fsp3) is 0.278. The molecule has 0 aliphatic carbocycles. The molecule has 1 N–H and O–H groups in total. The van der Waals surface area contributed by atoms with Crippen molar-refractivity contribution in [2.75, 3.05) is 17.7 Å². The van der Waals surface area contributed by atoms with Crippen molar-refractivity contribution in [3.8, 4) is 5.75 Å². The number of carbonyl (C=O) groups excluding carboxylic acids is 1. The predicted molar refractivity (Wildman–Crippen MR) is 95.9 cm³/mol. The summed E-state index contributed by atoms with van der Waals surface area (Å²) in [5.41, 5.74) is 1.39. The molecule has 1 aliphatic rings. The van der Waals surface area contributed by atoms with Gasteiger partial charge in [-0.25, -0.2) is 17.5 Å². The predicted octanol–water partition coefficient (Wildman–Crippen LogP) is 2.06. The van der Waals surface area contributed by atoms with Crippen molar-refractivity contribution < 1.29 is 22.3 Å². The van der Waals surface area contributed by atoms with Gasteiger partial charge in [-0.1, -0.05) is 12.1 Å². The number of hydrogen-bond donors (Lipinski definition) is 1. The number of benzene rings is 2. The Morgan fingerprint density at radius 1 is 1.23 bits per heavy atom. The molecule has 0 bridgehead atoms. The van der Waals surface area contributed by atoms with E-state index < -0.39 is 16.1 Å². The van der Waals surface area contributed by atoms with Gasteiger partial charge in [0.05, 0.1) is 6.26 Å². The third-order valence-electron chi connectivity index (χ3n) is 3.95. The summed E-state index contributed by atoms with van der Waals surface area (Å²) in [6.07, 6.45) is 1.20. The number of nitrogens with zero attached hydrogens (tertiary/aromatic N) is 1. The molecule has 8 heteroatoms. The van der Waals surface area contributed by atoms with Gasteiger partial charge in [-0.05, 0) is 42.0 Å². The summed E-state index contributed by atoms with van der Waals surface area (Å²) in [5, 5.41) is 0. The Kier molecular flexibility index (Phi) is 5.24. The second-order valence-corrected chi connectivity index (χ2v) is 7.99. The number of anilines is 1. The molecule has 6 nitrogen and oxygen atoms in total. The topological polar surface area (TPSA) is 75.7 Å². The standard InChI is InChI=1S/C18H19FN2O4S/c1-26(23,24)20-15-10-18(22)21(11-15)16-5-7-17(8-6-16)25-12-13-3-2-4-14(19)9-13/h2-9,15,20H,10-12H2,1H3. The fourth-order valence-electron chi connectivity index (χ4n) is 2.85. The molecule has 0 radical (unpaired) electrons. The molecule has 138 valence electrons. The van der Waals surface area contributed by atoms with E-state index in [1.54, 1.807) is 41.3 Å².